The van der Waals surface area contributed by atoms with Crippen molar-refractivity contribution in [1.82, 2.24) is 0 Å². The Balaban J connectivity index is 2.22. The molecule has 1 fully saturated rings. The molecule has 2 nitrogen and oxygen atoms in total. The highest BCUT2D eigenvalue weighted by Crippen LogP contribution is 2.10. The molecular weight excluding hydrogens is 128 g/mol. The van der Waals surface area contributed by atoms with Crippen LogP contribution in [0.2, 0.25) is 0 Å². The third-order valence-corrected chi connectivity index (χ3v) is 1.42. The third-order valence-electron chi connectivity index (χ3n) is 1.07. The Morgan fingerprint density at radius 1 is 1.75 bits per heavy atom. The predicted molar refractivity (Wildman–Crippen MR) is 31.0 cm³/mol. The van der Waals surface area contributed by atoms with Crippen molar-refractivity contribution in [2.45, 2.75) is 19.3 Å². The van der Waals surface area contributed by atoms with E-state index < -0.39 is 0 Å². The Morgan fingerprint density at radius 3 is 2.75 bits per heavy atom. The van der Waals surface area contributed by atoms with Crippen LogP contribution in [0.5, 0.6) is 0 Å². The van der Waals surface area contributed by atoms with Crippen LogP contribution in [0.15, 0.2) is 0 Å². The molecule has 0 spiro atoms. The Hall–Kier alpha value is 0.210. The first-order valence-corrected chi connectivity index (χ1v) is 3.19. The Labute approximate surface area is 53.7 Å². The fourth-order valence-corrected chi connectivity index (χ4v) is 0.835. The van der Waals surface area contributed by atoms with Crippen molar-refractivity contribution in [2.75, 3.05) is 12.5 Å². The minimum Gasteiger partial charge on any atom is -0.350 e. The van der Waals surface area contributed by atoms with Gasteiger partial charge in [-0.3, -0.25) is 0 Å². The molecule has 0 N–H and O–H groups in total. The molecule has 0 unspecified atom stereocenters. The highest BCUT2D eigenvalue weighted by atomic mass is 35.5. The molecule has 2 atom stereocenters. The highest BCUT2D eigenvalue weighted by Gasteiger charge is 2.20. The zero-order valence-electron chi connectivity index (χ0n) is 4.76. The lowest BCUT2D eigenvalue weighted by molar-refractivity contribution is -0.0384. The van der Waals surface area contributed by atoms with E-state index in [1.165, 1.54) is 0 Å². The lowest BCUT2D eigenvalue weighted by atomic mass is 10.4. The summed E-state index contributed by atoms with van der Waals surface area (Å²) in [6.07, 6.45) is 0.0606. The molecule has 1 heterocycles. The van der Waals surface area contributed by atoms with Crippen molar-refractivity contribution in [3.63, 3.8) is 0 Å². The highest BCUT2D eigenvalue weighted by molar-refractivity contribution is 6.18. The standard InChI is InChI=1S/C5H9ClO2/c1-4-7-3-5(2-6)8-4/h4-5H,2-3H2,1H3/t4-,5+/m1/s1. The zero-order valence-corrected chi connectivity index (χ0v) is 5.52. The summed E-state index contributed by atoms with van der Waals surface area (Å²) >= 11 is 5.47. The van der Waals surface area contributed by atoms with Crippen LogP contribution in [0, 0.1) is 0 Å². The summed E-state index contributed by atoms with van der Waals surface area (Å²) < 4.78 is 10.2. The Kier molecular flexibility index (Phi) is 2.11. The van der Waals surface area contributed by atoms with Gasteiger partial charge in [-0.15, -0.1) is 11.6 Å². The molecule has 1 aliphatic rings. The van der Waals surface area contributed by atoms with Gasteiger partial charge in [-0.05, 0) is 6.92 Å². The van der Waals surface area contributed by atoms with Crippen LogP contribution in [0.4, 0.5) is 0 Å². The monoisotopic (exact) mass is 136 g/mol. The maximum absolute atomic E-state index is 5.47. The molecule has 1 aliphatic heterocycles. The van der Waals surface area contributed by atoms with Gasteiger partial charge in [-0.2, -0.15) is 0 Å². The van der Waals surface area contributed by atoms with Crippen molar-refractivity contribution in [2.24, 2.45) is 0 Å². The molecule has 0 saturated carbocycles. The van der Waals surface area contributed by atoms with Crippen molar-refractivity contribution < 1.29 is 9.47 Å². The second-order valence-corrected chi connectivity index (χ2v) is 2.12. The number of hydrogen-bond acceptors (Lipinski definition) is 2. The molecular formula is C5H9ClO2. The lowest BCUT2D eigenvalue weighted by Gasteiger charge is -2.01. The number of hydrogen-bond donors (Lipinski definition) is 0. The fraction of sp³-hybridized carbons (Fsp3) is 1.00. The summed E-state index contributed by atoms with van der Waals surface area (Å²) in [5.74, 6) is 0.532. The van der Waals surface area contributed by atoms with Gasteiger partial charge in [0, 0.05) is 0 Å². The van der Waals surface area contributed by atoms with E-state index in [1.807, 2.05) is 6.92 Å². The average molecular weight is 137 g/mol. The van der Waals surface area contributed by atoms with Crippen LogP contribution in [0.25, 0.3) is 0 Å². The van der Waals surface area contributed by atoms with Crippen molar-refractivity contribution in [3.8, 4) is 0 Å². The summed E-state index contributed by atoms with van der Waals surface area (Å²) in [7, 11) is 0. The van der Waals surface area contributed by atoms with E-state index in [1.54, 1.807) is 0 Å². The topological polar surface area (TPSA) is 18.5 Å². The summed E-state index contributed by atoms with van der Waals surface area (Å²) in [6.45, 7) is 2.51. The first-order valence-electron chi connectivity index (χ1n) is 2.66. The SMILES string of the molecule is C[C@@H]1OC[C@H](CCl)O1. The van der Waals surface area contributed by atoms with Crippen LogP contribution < -0.4 is 0 Å². The maximum Gasteiger partial charge on any atom is 0.155 e. The third kappa shape index (κ3) is 1.34. The molecule has 0 amide bonds. The molecule has 0 aromatic heterocycles. The minimum atomic E-state index is -0.0567. The van der Waals surface area contributed by atoms with E-state index in [9.17, 15) is 0 Å². The van der Waals surface area contributed by atoms with Gasteiger partial charge in [0.15, 0.2) is 6.29 Å². The van der Waals surface area contributed by atoms with Gasteiger partial charge in [0.2, 0.25) is 0 Å². The van der Waals surface area contributed by atoms with Crippen LogP contribution in [0.3, 0.4) is 0 Å². The van der Waals surface area contributed by atoms with E-state index >= 15 is 0 Å². The van der Waals surface area contributed by atoms with Gasteiger partial charge in [-0.1, -0.05) is 0 Å². The quantitative estimate of drug-likeness (QED) is 0.501. The smallest absolute Gasteiger partial charge is 0.155 e. The van der Waals surface area contributed by atoms with E-state index in [0.29, 0.717) is 12.5 Å². The molecule has 8 heavy (non-hydrogen) atoms. The van der Waals surface area contributed by atoms with Crippen LogP contribution in [-0.4, -0.2) is 24.9 Å². The summed E-state index contributed by atoms with van der Waals surface area (Å²) in [5, 5.41) is 0. The van der Waals surface area contributed by atoms with Crippen molar-refractivity contribution in [1.29, 1.82) is 0 Å². The number of alkyl halides is 1. The van der Waals surface area contributed by atoms with Crippen LogP contribution >= 0.6 is 11.6 Å². The summed E-state index contributed by atoms with van der Waals surface area (Å²) in [5.41, 5.74) is 0. The van der Waals surface area contributed by atoms with E-state index in [-0.39, 0.29) is 12.4 Å². The van der Waals surface area contributed by atoms with Gasteiger partial charge in [0.1, 0.15) is 0 Å². The second-order valence-electron chi connectivity index (χ2n) is 1.81. The Bertz CT molecular complexity index is 76.8. The first-order chi connectivity index (χ1) is 3.83. The number of rotatable bonds is 1. The van der Waals surface area contributed by atoms with Crippen molar-refractivity contribution >= 4 is 11.6 Å². The van der Waals surface area contributed by atoms with E-state index in [2.05, 4.69) is 0 Å². The molecule has 0 bridgehead atoms. The van der Waals surface area contributed by atoms with Crippen molar-refractivity contribution in [3.05, 3.63) is 0 Å². The molecule has 0 aromatic carbocycles. The lowest BCUT2D eigenvalue weighted by Crippen LogP contribution is -2.11. The summed E-state index contributed by atoms with van der Waals surface area (Å²) in [6, 6.07) is 0. The molecule has 1 rings (SSSR count). The Morgan fingerprint density at radius 2 is 2.50 bits per heavy atom. The predicted octanol–water partition coefficient (Wildman–Crippen LogP) is 0.987. The van der Waals surface area contributed by atoms with Crippen LogP contribution in [0.1, 0.15) is 6.92 Å². The number of ether oxygens (including phenoxy) is 2. The average Bonchev–Trinajstić information content (AvgIpc) is 2.14. The van der Waals surface area contributed by atoms with E-state index in [0.717, 1.165) is 0 Å². The van der Waals surface area contributed by atoms with Crippen LogP contribution in [-0.2, 0) is 9.47 Å². The largest absolute Gasteiger partial charge is 0.350 e. The van der Waals surface area contributed by atoms with Gasteiger partial charge < -0.3 is 9.47 Å². The molecule has 0 radical (unpaired) electrons. The summed E-state index contributed by atoms with van der Waals surface area (Å²) in [4.78, 5) is 0. The van der Waals surface area contributed by atoms with Gasteiger partial charge in [-0.25, -0.2) is 0 Å². The fourth-order valence-electron chi connectivity index (χ4n) is 0.673. The zero-order chi connectivity index (χ0) is 5.98. The van der Waals surface area contributed by atoms with Gasteiger partial charge in [0.05, 0.1) is 18.6 Å². The molecule has 0 aliphatic carbocycles. The molecule has 48 valence electrons. The molecule has 3 heteroatoms. The van der Waals surface area contributed by atoms with E-state index in [4.69, 9.17) is 21.1 Å². The first kappa shape index (κ1) is 6.33. The maximum atomic E-state index is 5.47. The van der Waals surface area contributed by atoms with Gasteiger partial charge in [0.25, 0.3) is 0 Å². The number of halogens is 1. The minimum absolute atomic E-state index is 0.0567. The molecule has 0 aromatic rings. The van der Waals surface area contributed by atoms with Gasteiger partial charge >= 0.3 is 0 Å². The molecule has 1 saturated heterocycles. The second kappa shape index (κ2) is 2.67. The normalized spacial score (nSPS) is 38.2.